The summed E-state index contributed by atoms with van der Waals surface area (Å²) in [4.78, 5) is 27.8. The fraction of sp³-hybridized carbons (Fsp3) is 0.133. The standard InChI is InChI=1S/C30H24O6/c31-19-11-13-21(23(33)15-19)29(35)27-25(17-7-3-1-4-8-17)26(18-9-5-2-6-10-18)28(27)30(36)22-14-12-20(32)16-24(22)34/h1-16,25-28,31-34H/t25-,26+,27-,28-/m0/s1. The van der Waals surface area contributed by atoms with Crippen LogP contribution in [0.25, 0.3) is 0 Å². The van der Waals surface area contributed by atoms with Gasteiger partial charge in [-0.2, -0.15) is 0 Å². The second kappa shape index (κ2) is 9.23. The van der Waals surface area contributed by atoms with Crippen molar-refractivity contribution in [2.24, 2.45) is 11.8 Å². The molecule has 1 aliphatic carbocycles. The topological polar surface area (TPSA) is 115 Å². The van der Waals surface area contributed by atoms with Gasteiger partial charge in [0.15, 0.2) is 11.6 Å². The molecular weight excluding hydrogens is 456 g/mol. The predicted molar refractivity (Wildman–Crippen MR) is 134 cm³/mol. The van der Waals surface area contributed by atoms with Crippen molar-refractivity contribution in [2.45, 2.75) is 11.8 Å². The van der Waals surface area contributed by atoms with Gasteiger partial charge in [-0.25, -0.2) is 0 Å². The van der Waals surface area contributed by atoms with Crippen molar-refractivity contribution in [3.05, 3.63) is 119 Å². The molecule has 1 aliphatic rings. The van der Waals surface area contributed by atoms with E-state index in [0.717, 1.165) is 23.3 Å². The first kappa shape index (κ1) is 23.2. The summed E-state index contributed by atoms with van der Waals surface area (Å²) in [7, 11) is 0. The van der Waals surface area contributed by atoms with Gasteiger partial charge in [-0.1, -0.05) is 60.7 Å². The number of rotatable bonds is 6. The normalized spacial score (nSPS) is 20.9. The molecule has 0 heterocycles. The highest BCUT2D eigenvalue weighted by atomic mass is 16.3. The van der Waals surface area contributed by atoms with E-state index in [1.807, 2.05) is 60.7 Å². The Balaban J connectivity index is 1.67. The van der Waals surface area contributed by atoms with Crippen LogP contribution in [0, 0.1) is 11.8 Å². The lowest BCUT2D eigenvalue weighted by atomic mass is 9.49. The summed E-state index contributed by atoms with van der Waals surface area (Å²) >= 11 is 0. The van der Waals surface area contributed by atoms with Crippen molar-refractivity contribution >= 4 is 11.6 Å². The second-order valence-electron chi connectivity index (χ2n) is 9.06. The zero-order valence-electron chi connectivity index (χ0n) is 19.2. The third-order valence-corrected chi connectivity index (χ3v) is 7.02. The number of Topliss-reactive ketones (excluding diaryl/α,β-unsaturated/α-hetero) is 2. The third kappa shape index (κ3) is 3.96. The van der Waals surface area contributed by atoms with Crippen LogP contribution in [-0.2, 0) is 0 Å². The lowest BCUT2D eigenvalue weighted by molar-refractivity contribution is 0.0452. The molecule has 0 saturated heterocycles. The molecular formula is C30H24O6. The summed E-state index contributed by atoms with van der Waals surface area (Å²) in [6, 6.07) is 26.4. The number of phenols is 4. The van der Waals surface area contributed by atoms with E-state index in [1.54, 1.807) is 0 Å². The maximum absolute atomic E-state index is 13.9. The molecule has 0 aromatic heterocycles. The minimum Gasteiger partial charge on any atom is -0.508 e. The highest BCUT2D eigenvalue weighted by Crippen LogP contribution is 2.60. The summed E-state index contributed by atoms with van der Waals surface area (Å²) in [5, 5.41) is 40.3. The van der Waals surface area contributed by atoms with Crippen molar-refractivity contribution in [3.8, 4) is 23.0 Å². The minimum absolute atomic E-state index is 0.0120. The Labute approximate surface area is 207 Å². The van der Waals surface area contributed by atoms with Crippen LogP contribution >= 0.6 is 0 Å². The molecule has 0 amide bonds. The van der Waals surface area contributed by atoms with Crippen LogP contribution in [0.3, 0.4) is 0 Å². The molecule has 4 N–H and O–H groups in total. The van der Waals surface area contributed by atoms with Gasteiger partial charge in [0, 0.05) is 35.8 Å². The largest absolute Gasteiger partial charge is 0.508 e. The van der Waals surface area contributed by atoms with E-state index in [1.165, 1.54) is 24.3 Å². The van der Waals surface area contributed by atoms with Crippen LogP contribution in [0.1, 0.15) is 43.7 Å². The zero-order chi connectivity index (χ0) is 25.4. The number of carbonyl (C=O) groups excluding carboxylic acids is 2. The van der Waals surface area contributed by atoms with Crippen LogP contribution in [0.15, 0.2) is 97.1 Å². The predicted octanol–water partition coefficient (Wildman–Crippen LogP) is 5.39. The van der Waals surface area contributed by atoms with Crippen molar-refractivity contribution in [1.82, 2.24) is 0 Å². The summed E-state index contributed by atoms with van der Waals surface area (Å²) in [5.41, 5.74) is 1.78. The highest BCUT2D eigenvalue weighted by Gasteiger charge is 2.58. The van der Waals surface area contributed by atoms with Crippen LogP contribution < -0.4 is 0 Å². The summed E-state index contributed by atoms with van der Waals surface area (Å²) in [5.74, 6) is -4.37. The summed E-state index contributed by atoms with van der Waals surface area (Å²) in [6.07, 6.45) is 0. The van der Waals surface area contributed by atoms with E-state index < -0.39 is 23.4 Å². The maximum Gasteiger partial charge on any atom is 0.171 e. The molecule has 6 nitrogen and oxygen atoms in total. The van der Waals surface area contributed by atoms with Crippen molar-refractivity contribution in [3.63, 3.8) is 0 Å². The molecule has 5 rings (SSSR count). The molecule has 4 atom stereocenters. The molecule has 4 aromatic carbocycles. The molecule has 36 heavy (non-hydrogen) atoms. The summed E-state index contributed by atoms with van der Waals surface area (Å²) < 4.78 is 0. The quantitative estimate of drug-likeness (QED) is 0.275. The number of phenolic OH excluding ortho intramolecular Hbond substituents is 4. The van der Waals surface area contributed by atoms with E-state index in [-0.39, 0.29) is 46.0 Å². The zero-order valence-corrected chi connectivity index (χ0v) is 19.2. The number of carbonyl (C=O) groups is 2. The number of hydrogen-bond acceptors (Lipinski definition) is 6. The lowest BCUT2D eigenvalue weighted by Gasteiger charge is -2.51. The molecule has 1 fully saturated rings. The Morgan fingerprint density at radius 1 is 0.500 bits per heavy atom. The van der Waals surface area contributed by atoms with Crippen molar-refractivity contribution in [1.29, 1.82) is 0 Å². The van der Waals surface area contributed by atoms with Gasteiger partial charge in [-0.15, -0.1) is 0 Å². The van der Waals surface area contributed by atoms with Gasteiger partial charge >= 0.3 is 0 Å². The average Bonchev–Trinajstić information content (AvgIpc) is 2.84. The van der Waals surface area contributed by atoms with Crippen LogP contribution in [0.2, 0.25) is 0 Å². The van der Waals surface area contributed by atoms with Gasteiger partial charge in [0.05, 0.1) is 11.1 Å². The smallest absolute Gasteiger partial charge is 0.171 e. The molecule has 0 spiro atoms. The third-order valence-electron chi connectivity index (χ3n) is 7.02. The average molecular weight is 481 g/mol. The van der Waals surface area contributed by atoms with Gasteiger partial charge in [-0.3, -0.25) is 9.59 Å². The minimum atomic E-state index is -0.839. The van der Waals surface area contributed by atoms with Gasteiger partial charge in [0.2, 0.25) is 0 Å². The first-order chi connectivity index (χ1) is 17.4. The molecule has 6 heteroatoms. The van der Waals surface area contributed by atoms with Crippen LogP contribution in [-0.4, -0.2) is 32.0 Å². The molecule has 0 radical (unpaired) electrons. The highest BCUT2D eigenvalue weighted by molar-refractivity contribution is 6.09. The number of hydrogen-bond donors (Lipinski definition) is 4. The SMILES string of the molecule is O=C(c1ccc(O)cc1O)[C@@H]1[C@@H](C(=O)c2ccc(O)cc2O)[C@H](c2ccccc2)[C@@H]1c1ccccc1. The first-order valence-corrected chi connectivity index (χ1v) is 11.6. The van der Waals surface area contributed by atoms with E-state index >= 15 is 0 Å². The molecule has 1 saturated carbocycles. The second-order valence-corrected chi connectivity index (χ2v) is 9.06. The van der Waals surface area contributed by atoms with Gasteiger partial charge < -0.3 is 20.4 Å². The van der Waals surface area contributed by atoms with Crippen LogP contribution in [0.5, 0.6) is 23.0 Å². The Kier molecular flexibility index (Phi) is 5.94. The molecule has 0 aliphatic heterocycles. The van der Waals surface area contributed by atoms with Gasteiger partial charge in [0.1, 0.15) is 23.0 Å². The molecule has 4 aromatic rings. The Morgan fingerprint density at radius 2 is 0.861 bits per heavy atom. The maximum atomic E-state index is 13.9. The molecule has 0 unspecified atom stereocenters. The van der Waals surface area contributed by atoms with Crippen molar-refractivity contribution in [2.75, 3.05) is 0 Å². The number of ketones is 2. The van der Waals surface area contributed by atoms with Gasteiger partial charge in [0.25, 0.3) is 0 Å². The Bertz CT molecular complexity index is 1320. The van der Waals surface area contributed by atoms with E-state index in [4.69, 9.17) is 0 Å². The first-order valence-electron chi connectivity index (χ1n) is 11.6. The Hall–Kier alpha value is -4.58. The summed E-state index contributed by atoms with van der Waals surface area (Å²) in [6.45, 7) is 0. The monoisotopic (exact) mass is 480 g/mol. The molecule has 180 valence electrons. The Morgan fingerprint density at radius 3 is 1.19 bits per heavy atom. The van der Waals surface area contributed by atoms with Crippen LogP contribution in [0.4, 0.5) is 0 Å². The van der Waals surface area contributed by atoms with Gasteiger partial charge in [-0.05, 0) is 35.4 Å². The number of benzene rings is 4. The number of aromatic hydroxyl groups is 4. The lowest BCUT2D eigenvalue weighted by Crippen LogP contribution is -2.51. The molecule has 0 bridgehead atoms. The van der Waals surface area contributed by atoms with E-state index in [0.29, 0.717) is 0 Å². The fourth-order valence-electron chi connectivity index (χ4n) is 5.40. The van der Waals surface area contributed by atoms with E-state index in [2.05, 4.69) is 0 Å². The van der Waals surface area contributed by atoms with Crippen molar-refractivity contribution < 1.29 is 30.0 Å². The van der Waals surface area contributed by atoms with E-state index in [9.17, 15) is 30.0 Å². The fourth-order valence-corrected chi connectivity index (χ4v) is 5.40.